The molecule has 1 aromatic rings. The van der Waals surface area contributed by atoms with Crippen LogP contribution in [0, 0.1) is 5.41 Å². The van der Waals surface area contributed by atoms with E-state index in [2.05, 4.69) is 20.4 Å². The lowest BCUT2D eigenvalue weighted by Gasteiger charge is -2.27. The van der Waals surface area contributed by atoms with Crippen molar-refractivity contribution in [2.45, 2.75) is 32.9 Å². The van der Waals surface area contributed by atoms with Gasteiger partial charge in [0.05, 0.1) is 20.3 Å². The van der Waals surface area contributed by atoms with Crippen LogP contribution in [0.25, 0.3) is 0 Å². The fourth-order valence-electron chi connectivity index (χ4n) is 3.10. The van der Waals surface area contributed by atoms with Crippen molar-refractivity contribution in [1.82, 2.24) is 10.6 Å². The van der Waals surface area contributed by atoms with Gasteiger partial charge in [0.1, 0.15) is 0 Å². The van der Waals surface area contributed by atoms with Crippen molar-refractivity contribution in [3.05, 3.63) is 23.8 Å². The molecule has 1 heterocycles. The molecule has 0 amide bonds. The third-order valence-corrected chi connectivity index (χ3v) is 4.67. The normalized spacial score (nSPS) is 19.0. The van der Waals surface area contributed by atoms with Gasteiger partial charge in [-0.05, 0) is 37.5 Å². The quantitative estimate of drug-likeness (QED) is 0.246. The molecule has 1 fully saturated rings. The van der Waals surface area contributed by atoms with Crippen molar-refractivity contribution in [2.75, 3.05) is 40.0 Å². The Hall–Kier alpha value is -1.40. The maximum atomic E-state index is 12.6. The number of nitrogens with one attached hydrogen (secondary N) is 2. The number of guanidine groups is 1. The first kappa shape index (κ1) is 25.6. The molecule has 1 atom stereocenters. The molecule has 1 saturated heterocycles. The lowest BCUT2D eigenvalue weighted by atomic mass is 9.84. The minimum absolute atomic E-state index is 0. The summed E-state index contributed by atoms with van der Waals surface area (Å²) in [5.41, 5.74) is 0.603. The van der Waals surface area contributed by atoms with Crippen LogP contribution in [-0.2, 0) is 11.3 Å². The summed E-state index contributed by atoms with van der Waals surface area (Å²) in [6, 6.07) is 4.83. The minimum Gasteiger partial charge on any atom is -0.493 e. The van der Waals surface area contributed by atoms with E-state index in [0.717, 1.165) is 6.42 Å². The first-order valence-electron chi connectivity index (χ1n) is 9.34. The maximum absolute atomic E-state index is 12.6. The molecule has 7 nitrogen and oxygen atoms in total. The van der Waals surface area contributed by atoms with Gasteiger partial charge in [-0.2, -0.15) is 8.78 Å². The van der Waals surface area contributed by atoms with E-state index in [1.807, 2.05) is 6.92 Å². The van der Waals surface area contributed by atoms with Gasteiger partial charge in [0.15, 0.2) is 17.5 Å². The van der Waals surface area contributed by atoms with Gasteiger partial charge in [-0.15, -0.1) is 24.0 Å². The zero-order valence-electron chi connectivity index (χ0n) is 16.7. The van der Waals surface area contributed by atoms with E-state index >= 15 is 0 Å². The first-order valence-corrected chi connectivity index (χ1v) is 9.34. The SMILES string of the molecule is CCNC(=NCc1ccc(OC)c(OC(F)F)c1)NCC1(CCO)CCOC1.I. The number of hydrogen-bond donors (Lipinski definition) is 3. The van der Waals surface area contributed by atoms with Crippen LogP contribution in [0.3, 0.4) is 0 Å². The van der Waals surface area contributed by atoms with E-state index in [1.54, 1.807) is 12.1 Å². The summed E-state index contributed by atoms with van der Waals surface area (Å²) in [6.07, 6.45) is 1.54. The first-order chi connectivity index (χ1) is 13.5. The van der Waals surface area contributed by atoms with Crippen LogP contribution < -0.4 is 20.1 Å². The molecule has 1 aliphatic rings. The van der Waals surface area contributed by atoms with Crippen LogP contribution in [-0.4, -0.2) is 57.7 Å². The Morgan fingerprint density at radius 2 is 2.14 bits per heavy atom. The van der Waals surface area contributed by atoms with Gasteiger partial charge in [-0.1, -0.05) is 6.07 Å². The number of alkyl halides is 2. The third-order valence-electron chi connectivity index (χ3n) is 4.67. The van der Waals surface area contributed by atoms with Crippen LogP contribution in [0.4, 0.5) is 8.78 Å². The van der Waals surface area contributed by atoms with E-state index in [-0.39, 0.29) is 54.0 Å². The van der Waals surface area contributed by atoms with Crippen LogP contribution in [0.1, 0.15) is 25.3 Å². The number of rotatable bonds is 10. The van der Waals surface area contributed by atoms with Crippen molar-refractivity contribution < 1.29 is 28.1 Å². The van der Waals surface area contributed by atoms with Crippen LogP contribution in [0.2, 0.25) is 0 Å². The Balaban J connectivity index is 0.00000420. The van der Waals surface area contributed by atoms with Crippen LogP contribution >= 0.6 is 24.0 Å². The van der Waals surface area contributed by atoms with Gasteiger partial charge in [0, 0.05) is 31.7 Å². The van der Waals surface area contributed by atoms with Gasteiger partial charge in [0.25, 0.3) is 0 Å². The molecule has 29 heavy (non-hydrogen) atoms. The molecule has 1 aliphatic heterocycles. The molecular weight excluding hydrogens is 499 g/mol. The summed E-state index contributed by atoms with van der Waals surface area (Å²) >= 11 is 0. The van der Waals surface area contributed by atoms with Crippen molar-refractivity contribution in [3.8, 4) is 11.5 Å². The molecule has 0 bridgehead atoms. The molecule has 1 aromatic carbocycles. The third kappa shape index (κ3) is 8.09. The van der Waals surface area contributed by atoms with Crippen molar-refractivity contribution in [1.29, 1.82) is 0 Å². The van der Waals surface area contributed by atoms with E-state index in [0.29, 0.717) is 44.2 Å². The summed E-state index contributed by atoms with van der Waals surface area (Å²) in [6.45, 7) is 2.02. The Bertz CT molecular complexity index is 644. The van der Waals surface area contributed by atoms with Crippen molar-refractivity contribution >= 4 is 29.9 Å². The van der Waals surface area contributed by atoms with Gasteiger partial charge >= 0.3 is 6.61 Å². The number of benzene rings is 1. The topological polar surface area (TPSA) is 84.3 Å². The summed E-state index contributed by atoms with van der Waals surface area (Å²) in [5.74, 6) is 0.831. The fraction of sp³-hybridized carbons (Fsp3) is 0.632. The number of nitrogens with zero attached hydrogens (tertiary/aromatic N) is 1. The highest BCUT2D eigenvalue weighted by Gasteiger charge is 2.34. The lowest BCUT2D eigenvalue weighted by molar-refractivity contribution is -0.0512. The zero-order valence-corrected chi connectivity index (χ0v) is 19.1. The predicted molar refractivity (Wildman–Crippen MR) is 117 cm³/mol. The predicted octanol–water partition coefficient (Wildman–Crippen LogP) is 2.76. The van der Waals surface area contributed by atoms with E-state index < -0.39 is 6.61 Å². The zero-order chi connectivity index (χ0) is 20.4. The molecule has 0 saturated carbocycles. The summed E-state index contributed by atoms with van der Waals surface area (Å²) in [5, 5.41) is 15.8. The number of aliphatic imine (C=N–C) groups is 1. The number of methoxy groups -OCH3 is 1. The highest BCUT2D eigenvalue weighted by molar-refractivity contribution is 14.0. The number of ether oxygens (including phenoxy) is 3. The average molecular weight is 529 g/mol. The maximum Gasteiger partial charge on any atom is 0.387 e. The standard InChI is InChI=1S/C19H29F2N3O4.HI/c1-3-22-18(24-12-19(6-8-25)7-9-27-13-19)23-11-14-4-5-15(26-2)16(10-14)28-17(20)21;/h4-5,10,17,25H,3,6-9,11-13H2,1-2H3,(H2,22,23,24);1H. The highest BCUT2D eigenvalue weighted by atomic mass is 127. The summed E-state index contributed by atoms with van der Waals surface area (Å²) in [7, 11) is 1.40. The Labute approximate surface area is 187 Å². The number of hydrogen-bond acceptors (Lipinski definition) is 5. The molecule has 1 unspecified atom stereocenters. The molecule has 10 heteroatoms. The average Bonchev–Trinajstić information content (AvgIpc) is 3.13. The van der Waals surface area contributed by atoms with E-state index in [4.69, 9.17) is 9.47 Å². The van der Waals surface area contributed by atoms with Gasteiger partial charge < -0.3 is 30.0 Å². The molecule has 2 rings (SSSR count). The minimum atomic E-state index is -2.93. The second-order valence-corrected chi connectivity index (χ2v) is 6.69. The van der Waals surface area contributed by atoms with Gasteiger partial charge in [-0.25, -0.2) is 4.99 Å². The molecule has 166 valence electrons. The van der Waals surface area contributed by atoms with Crippen LogP contribution in [0.15, 0.2) is 23.2 Å². The Morgan fingerprint density at radius 3 is 2.72 bits per heavy atom. The smallest absolute Gasteiger partial charge is 0.387 e. The van der Waals surface area contributed by atoms with Crippen molar-refractivity contribution in [2.24, 2.45) is 10.4 Å². The second kappa shape index (κ2) is 13.0. The second-order valence-electron chi connectivity index (χ2n) is 6.69. The molecule has 0 spiro atoms. The van der Waals surface area contributed by atoms with Gasteiger partial charge in [-0.3, -0.25) is 0 Å². The largest absolute Gasteiger partial charge is 0.493 e. The molecule has 3 N–H and O–H groups in total. The number of halogens is 3. The number of aliphatic hydroxyl groups is 1. The van der Waals surface area contributed by atoms with E-state index in [9.17, 15) is 13.9 Å². The van der Waals surface area contributed by atoms with Crippen LogP contribution in [0.5, 0.6) is 11.5 Å². The number of aliphatic hydroxyl groups excluding tert-OH is 1. The monoisotopic (exact) mass is 529 g/mol. The molecule has 0 radical (unpaired) electrons. The highest BCUT2D eigenvalue weighted by Crippen LogP contribution is 2.31. The molecular formula is C19H30F2IN3O4. The summed E-state index contributed by atoms with van der Waals surface area (Å²) < 4.78 is 40.2. The van der Waals surface area contributed by atoms with Gasteiger partial charge in [0.2, 0.25) is 0 Å². The molecule has 0 aromatic heterocycles. The fourth-order valence-corrected chi connectivity index (χ4v) is 3.10. The lowest BCUT2D eigenvalue weighted by Crippen LogP contribution is -2.44. The summed E-state index contributed by atoms with van der Waals surface area (Å²) in [4.78, 5) is 4.52. The molecule has 0 aliphatic carbocycles. The Kier molecular flexibility index (Phi) is 11.5. The van der Waals surface area contributed by atoms with Crippen molar-refractivity contribution in [3.63, 3.8) is 0 Å². The van der Waals surface area contributed by atoms with E-state index in [1.165, 1.54) is 13.2 Å². The Morgan fingerprint density at radius 1 is 1.34 bits per heavy atom.